The van der Waals surface area contributed by atoms with Gasteiger partial charge in [0.05, 0.1) is 5.56 Å². The summed E-state index contributed by atoms with van der Waals surface area (Å²) in [6.07, 6.45) is 2.54. The fraction of sp³-hybridized carbons (Fsp3) is 0.300. The Morgan fingerprint density at radius 1 is 1.33 bits per heavy atom. The molecule has 0 spiro atoms. The number of hydrogen-bond acceptors (Lipinski definition) is 5. The molecule has 1 aliphatic heterocycles. The molecule has 10 heteroatoms. The van der Waals surface area contributed by atoms with Crippen LogP contribution >= 0.6 is 27.3 Å². The maximum absolute atomic E-state index is 13.0. The molecule has 2 heterocycles. The van der Waals surface area contributed by atoms with Crippen molar-refractivity contribution in [1.82, 2.24) is 10.2 Å². The van der Waals surface area contributed by atoms with Crippen molar-refractivity contribution in [3.63, 3.8) is 0 Å². The highest BCUT2D eigenvalue weighted by Crippen LogP contribution is 2.39. The molecule has 2 aliphatic rings. The largest absolute Gasteiger partial charge is 0.365 e. The number of carbonyl (C=O) groups excluding carboxylic acids is 4. The number of anilines is 1. The van der Waals surface area contributed by atoms with E-state index in [0.29, 0.717) is 16.1 Å². The number of urea groups is 1. The molecule has 1 aromatic heterocycles. The zero-order valence-corrected chi connectivity index (χ0v) is 18.5. The number of nitrogens with zero attached hydrogens (tertiary/aromatic N) is 1. The van der Waals surface area contributed by atoms with Crippen LogP contribution in [0.5, 0.6) is 0 Å². The van der Waals surface area contributed by atoms with Gasteiger partial charge in [-0.05, 0) is 49.4 Å². The van der Waals surface area contributed by atoms with Crippen molar-refractivity contribution in [3.05, 3.63) is 50.3 Å². The molecule has 1 aliphatic carbocycles. The van der Waals surface area contributed by atoms with Gasteiger partial charge in [-0.25, -0.2) is 4.79 Å². The van der Waals surface area contributed by atoms with E-state index in [0.717, 1.165) is 39.1 Å². The van der Waals surface area contributed by atoms with Gasteiger partial charge in [-0.1, -0.05) is 28.1 Å². The van der Waals surface area contributed by atoms with Gasteiger partial charge in [0, 0.05) is 9.35 Å². The first-order valence-corrected chi connectivity index (χ1v) is 11.0. The van der Waals surface area contributed by atoms with Crippen LogP contribution in [0.4, 0.5) is 9.80 Å². The quantitative estimate of drug-likeness (QED) is 0.557. The zero-order chi connectivity index (χ0) is 21.6. The van der Waals surface area contributed by atoms with Crippen molar-refractivity contribution < 1.29 is 19.2 Å². The minimum Gasteiger partial charge on any atom is -0.365 e. The molecule has 0 saturated carbocycles. The van der Waals surface area contributed by atoms with E-state index in [1.165, 1.54) is 11.3 Å². The number of hydrogen-bond donors (Lipinski definition) is 3. The van der Waals surface area contributed by atoms with Gasteiger partial charge in [-0.3, -0.25) is 19.3 Å². The molecule has 30 heavy (non-hydrogen) atoms. The van der Waals surface area contributed by atoms with Gasteiger partial charge < -0.3 is 16.4 Å². The second kappa shape index (κ2) is 7.51. The standard InChI is InChI=1S/C20H19BrN4O4S/c1-20(10-4-2-5-11(21)8-10)18(28)25(19(29)24-20)9-14(26)23-17-15(16(22)27)12-6-3-7-13(12)30-17/h2,4-5,8H,3,6-7,9H2,1H3,(H2,22,27)(H,23,26)(H,24,29)/t20-/m0/s1. The summed E-state index contributed by atoms with van der Waals surface area (Å²) < 4.78 is 0.768. The molecule has 4 rings (SSSR count). The Balaban J connectivity index is 1.53. The van der Waals surface area contributed by atoms with Crippen LogP contribution in [-0.4, -0.2) is 35.2 Å². The number of aryl methyl sites for hydroxylation is 1. The smallest absolute Gasteiger partial charge is 0.325 e. The average molecular weight is 491 g/mol. The topological polar surface area (TPSA) is 122 Å². The number of amides is 5. The third-order valence-electron chi connectivity index (χ3n) is 5.40. The lowest BCUT2D eigenvalue weighted by Crippen LogP contribution is -2.42. The fourth-order valence-electron chi connectivity index (χ4n) is 3.90. The van der Waals surface area contributed by atoms with E-state index >= 15 is 0 Å². The summed E-state index contributed by atoms with van der Waals surface area (Å²) in [4.78, 5) is 51.9. The molecule has 5 amide bonds. The van der Waals surface area contributed by atoms with Crippen molar-refractivity contribution in [3.8, 4) is 0 Å². The van der Waals surface area contributed by atoms with Gasteiger partial charge in [-0.15, -0.1) is 11.3 Å². The van der Waals surface area contributed by atoms with E-state index in [1.807, 2.05) is 6.07 Å². The molecule has 8 nitrogen and oxygen atoms in total. The van der Waals surface area contributed by atoms with Crippen molar-refractivity contribution in [1.29, 1.82) is 0 Å². The second-order valence-electron chi connectivity index (χ2n) is 7.43. The van der Waals surface area contributed by atoms with Crippen molar-refractivity contribution in [2.24, 2.45) is 5.73 Å². The van der Waals surface area contributed by atoms with E-state index in [2.05, 4.69) is 26.6 Å². The molecular formula is C20H19BrN4O4S. The van der Waals surface area contributed by atoms with Gasteiger partial charge in [0.15, 0.2) is 0 Å². The Morgan fingerprint density at radius 3 is 2.80 bits per heavy atom. The lowest BCUT2D eigenvalue weighted by molar-refractivity contribution is -0.133. The van der Waals surface area contributed by atoms with E-state index in [1.54, 1.807) is 25.1 Å². The Bertz CT molecular complexity index is 1100. The van der Waals surface area contributed by atoms with Crippen LogP contribution in [0.2, 0.25) is 0 Å². The normalized spacial score (nSPS) is 20.3. The fourth-order valence-corrected chi connectivity index (χ4v) is 5.61. The van der Waals surface area contributed by atoms with E-state index in [-0.39, 0.29) is 0 Å². The Kier molecular flexibility index (Phi) is 5.15. The van der Waals surface area contributed by atoms with Crippen molar-refractivity contribution in [2.45, 2.75) is 31.7 Å². The summed E-state index contributed by atoms with van der Waals surface area (Å²) in [5.74, 6) is -1.69. The summed E-state index contributed by atoms with van der Waals surface area (Å²) >= 11 is 4.68. The van der Waals surface area contributed by atoms with E-state index in [4.69, 9.17) is 5.73 Å². The lowest BCUT2D eigenvalue weighted by Gasteiger charge is -2.22. The molecule has 1 aromatic carbocycles. The van der Waals surface area contributed by atoms with Crippen molar-refractivity contribution in [2.75, 3.05) is 11.9 Å². The number of benzene rings is 1. The first kappa shape index (κ1) is 20.5. The molecule has 0 radical (unpaired) electrons. The maximum Gasteiger partial charge on any atom is 0.325 e. The number of fused-ring (bicyclic) bond motifs is 1. The minimum atomic E-state index is -1.27. The highest BCUT2D eigenvalue weighted by atomic mass is 79.9. The van der Waals surface area contributed by atoms with Gasteiger partial charge in [0.2, 0.25) is 5.91 Å². The Hall–Kier alpha value is -2.72. The predicted octanol–water partition coefficient (Wildman–Crippen LogP) is 2.50. The lowest BCUT2D eigenvalue weighted by atomic mass is 9.92. The van der Waals surface area contributed by atoms with Gasteiger partial charge in [-0.2, -0.15) is 0 Å². The average Bonchev–Trinajstić information content (AvgIpc) is 3.30. The van der Waals surface area contributed by atoms with Gasteiger partial charge in [0.25, 0.3) is 11.8 Å². The molecule has 156 valence electrons. The number of carbonyl (C=O) groups is 4. The highest BCUT2D eigenvalue weighted by molar-refractivity contribution is 9.10. The monoisotopic (exact) mass is 490 g/mol. The van der Waals surface area contributed by atoms with Crippen LogP contribution in [0.15, 0.2) is 28.7 Å². The SMILES string of the molecule is C[C@@]1(c2cccc(Br)c2)NC(=O)N(CC(=O)Nc2sc3c(c2C(N)=O)CCC3)C1=O. The molecule has 1 atom stereocenters. The first-order valence-electron chi connectivity index (χ1n) is 9.35. The van der Waals surface area contributed by atoms with Crippen LogP contribution in [0, 0.1) is 0 Å². The van der Waals surface area contributed by atoms with E-state index < -0.39 is 35.8 Å². The number of primary amides is 1. The molecular weight excluding hydrogens is 472 g/mol. The number of imide groups is 1. The number of rotatable bonds is 5. The number of halogens is 1. The summed E-state index contributed by atoms with van der Waals surface area (Å²) in [5.41, 5.74) is 6.06. The third kappa shape index (κ3) is 3.39. The van der Waals surface area contributed by atoms with Gasteiger partial charge >= 0.3 is 6.03 Å². The predicted molar refractivity (Wildman–Crippen MR) is 115 cm³/mol. The van der Waals surface area contributed by atoms with E-state index in [9.17, 15) is 19.2 Å². The number of nitrogens with two attached hydrogens (primary N) is 1. The summed E-state index contributed by atoms with van der Waals surface area (Å²) in [5, 5.41) is 5.71. The van der Waals surface area contributed by atoms with Crippen LogP contribution in [-0.2, 0) is 28.0 Å². The summed E-state index contributed by atoms with van der Waals surface area (Å²) in [6.45, 7) is 1.14. The van der Waals surface area contributed by atoms with Crippen LogP contribution in [0.1, 0.15) is 39.7 Å². The Morgan fingerprint density at radius 2 is 2.10 bits per heavy atom. The van der Waals surface area contributed by atoms with Crippen LogP contribution in [0.3, 0.4) is 0 Å². The van der Waals surface area contributed by atoms with Crippen LogP contribution in [0.25, 0.3) is 0 Å². The molecule has 2 aromatic rings. The van der Waals surface area contributed by atoms with Gasteiger partial charge in [0.1, 0.15) is 17.1 Å². The molecule has 4 N–H and O–H groups in total. The summed E-state index contributed by atoms with van der Waals surface area (Å²) in [6, 6.07) is 6.41. The minimum absolute atomic E-state index is 0.331. The number of thiophene rings is 1. The van der Waals surface area contributed by atoms with Crippen LogP contribution < -0.4 is 16.4 Å². The maximum atomic E-state index is 13.0. The number of nitrogens with one attached hydrogen (secondary N) is 2. The third-order valence-corrected chi connectivity index (χ3v) is 7.10. The Labute approximate surface area is 184 Å². The molecule has 1 fully saturated rings. The first-order chi connectivity index (χ1) is 14.2. The molecule has 0 unspecified atom stereocenters. The zero-order valence-electron chi connectivity index (χ0n) is 16.1. The molecule has 1 saturated heterocycles. The molecule has 0 bridgehead atoms. The summed E-state index contributed by atoms with van der Waals surface area (Å²) in [7, 11) is 0. The second-order valence-corrected chi connectivity index (χ2v) is 9.45. The highest BCUT2D eigenvalue weighted by Gasteiger charge is 2.49. The van der Waals surface area contributed by atoms with Crippen molar-refractivity contribution >= 4 is 56.0 Å².